The molecule has 16 heavy (non-hydrogen) atoms. The summed E-state index contributed by atoms with van der Waals surface area (Å²) >= 11 is 0. The molecule has 1 aromatic carbocycles. The molecule has 0 aliphatic heterocycles. The van der Waals surface area contributed by atoms with E-state index in [2.05, 4.69) is 5.92 Å². The largest absolute Gasteiger partial charge is 0.388 e. The Morgan fingerprint density at radius 1 is 1.44 bits per heavy atom. The van der Waals surface area contributed by atoms with Crippen LogP contribution >= 0.6 is 0 Å². The first-order valence-corrected chi connectivity index (χ1v) is 5.48. The number of benzene rings is 1. The predicted molar refractivity (Wildman–Crippen MR) is 64.8 cm³/mol. The van der Waals surface area contributed by atoms with Gasteiger partial charge in [-0.1, -0.05) is 24.3 Å². The summed E-state index contributed by atoms with van der Waals surface area (Å²) in [6.45, 7) is 0.530. The third-order valence-electron chi connectivity index (χ3n) is 2.51. The van der Waals surface area contributed by atoms with Gasteiger partial charge in [0.1, 0.15) is 0 Å². The number of methoxy groups -OCH3 is 1. The molecule has 0 saturated carbocycles. The van der Waals surface area contributed by atoms with Crippen molar-refractivity contribution in [3.8, 4) is 12.3 Å². The van der Waals surface area contributed by atoms with E-state index >= 15 is 0 Å². The van der Waals surface area contributed by atoms with Crippen LogP contribution in [0.15, 0.2) is 24.3 Å². The average Bonchev–Trinajstić information content (AvgIpc) is 2.30. The zero-order valence-corrected chi connectivity index (χ0v) is 9.65. The van der Waals surface area contributed by atoms with Gasteiger partial charge in [-0.25, -0.2) is 0 Å². The van der Waals surface area contributed by atoms with Gasteiger partial charge in [0.2, 0.25) is 0 Å². The lowest BCUT2D eigenvalue weighted by molar-refractivity contribution is 0.153. The molecular weight excluding hydrogens is 200 g/mol. The van der Waals surface area contributed by atoms with Crippen molar-refractivity contribution in [2.75, 3.05) is 7.11 Å². The van der Waals surface area contributed by atoms with Gasteiger partial charge in [0.25, 0.3) is 0 Å². The summed E-state index contributed by atoms with van der Waals surface area (Å²) in [6.07, 6.45) is 6.99. The summed E-state index contributed by atoms with van der Waals surface area (Å²) in [5.41, 5.74) is 1.99. The van der Waals surface area contributed by atoms with Gasteiger partial charge in [-0.2, -0.15) is 0 Å². The molecule has 0 saturated heterocycles. The fourth-order valence-electron chi connectivity index (χ4n) is 1.70. The zero-order chi connectivity index (χ0) is 11.8. The third kappa shape index (κ3) is 3.69. The Labute approximate surface area is 97.3 Å². The minimum atomic E-state index is -0.445. The van der Waals surface area contributed by atoms with Gasteiger partial charge in [0, 0.05) is 13.5 Å². The molecule has 1 aromatic rings. The number of unbranched alkanes of at least 4 members (excludes halogenated alkanes) is 1. The van der Waals surface area contributed by atoms with Crippen LogP contribution in [0.1, 0.15) is 36.5 Å². The van der Waals surface area contributed by atoms with E-state index in [-0.39, 0.29) is 0 Å². The maximum absolute atomic E-state index is 10.0. The molecule has 1 unspecified atom stereocenters. The molecule has 0 heterocycles. The van der Waals surface area contributed by atoms with Crippen LogP contribution in [0.25, 0.3) is 0 Å². The van der Waals surface area contributed by atoms with E-state index in [9.17, 15) is 5.11 Å². The Balaban J connectivity index is 2.66. The number of hydrogen-bond acceptors (Lipinski definition) is 2. The summed E-state index contributed by atoms with van der Waals surface area (Å²) in [7, 11) is 1.65. The standard InChI is InChI=1S/C14H18O2/c1-3-4-5-10-14(15)13-9-7-6-8-12(13)11-16-2/h1,6-9,14-15H,4-5,10-11H2,2H3. The molecule has 1 rings (SSSR count). The van der Waals surface area contributed by atoms with E-state index in [1.165, 1.54) is 0 Å². The lowest BCUT2D eigenvalue weighted by atomic mass is 9.99. The first-order valence-electron chi connectivity index (χ1n) is 5.48. The highest BCUT2D eigenvalue weighted by atomic mass is 16.5. The summed E-state index contributed by atoms with van der Waals surface area (Å²) in [4.78, 5) is 0. The van der Waals surface area contributed by atoms with Crippen molar-refractivity contribution in [2.24, 2.45) is 0 Å². The number of hydrogen-bond donors (Lipinski definition) is 1. The van der Waals surface area contributed by atoms with Crippen LogP contribution < -0.4 is 0 Å². The number of rotatable bonds is 6. The summed E-state index contributed by atoms with van der Waals surface area (Å²) < 4.78 is 5.10. The lowest BCUT2D eigenvalue weighted by Gasteiger charge is -2.14. The van der Waals surface area contributed by atoms with Gasteiger partial charge in [0.05, 0.1) is 12.7 Å². The van der Waals surface area contributed by atoms with Gasteiger partial charge >= 0.3 is 0 Å². The molecule has 0 aliphatic rings. The Hall–Kier alpha value is -1.30. The topological polar surface area (TPSA) is 29.5 Å². The molecule has 1 N–H and O–H groups in total. The van der Waals surface area contributed by atoms with E-state index in [1.807, 2.05) is 24.3 Å². The van der Waals surface area contributed by atoms with E-state index in [1.54, 1.807) is 7.11 Å². The quantitative estimate of drug-likeness (QED) is 0.587. The summed E-state index contributed by atoms with van der Waals surface area (Å²) in [6, 6.07) is 7.79. The van der Waals surface area contributed by atoms with Crippen molar-refractivity contribution in [3.05, 3.63) is 35.4 Å². The Morgan fingerprint density at radius 2 is 2.19 bits per heavy atom. The molecule has 86 valence electrons. The van der Waals surface area contributed by atoms with Crippen molar-refractivity contribution >= 4 is 0 Å². The zero-order valence-electron chi connectivity index (χ0n) is 9.65. The Bertz CT molecular complexity index is 352. The molecule has 0 amide bonds. The second-order valence-electron chi connectivity index (χ2n) is 3.74. The van der Waals surface area contributed by atoms with Crippen LogP contribution in [-0.4, -0.2) is 12.2 Å². The van der Waals surface area contributed by atoms with Crippen molar-refractivity contribution in [1.29, 1.82) is 0 Å². The third-order valence-corrected chi connectivity index (χ3v) is 2.51. The number of aliphatic hydroxyl groups excluding tert-OH is 1. The van der Waals surface area contributed by atoms with Gasteiger partial charge in [-0.15, -0.1) is 12.3 Å². The van der Waals surface area contributed by atoms with Crippen LogP contribution in [0.4, 0.5) is 0 Å². The van der Waals surface area contributed by atoms with Gasteiger partial charge in [-0.05, 0) is 24.0 Å². The number of ether oxygens (including phenoxy) is 1. The normalized spacial score (nSPS) is 12.1. The highest BCUT2D eigenvalue weighted by Gasteiger charge is 2.10. The maximum atomic E-state index is 10.0. The van der Waals surface area contributed by atoms with Crippen LogP contribution in [-0.2, 0) is 11.3 Å². The minimum absolute atomic E-state index is 0.445. The number of terminal acetylenes is 1. The smallest absolute Gasteiger partial charge is 0.0793 e. The maximum Gasteiger partial charge on any atom is 0.0793 e. The highest BCUT2D eigenvalue weighted by molar-refractivity contribution is 5.28. The summed E-state index contributed by atoms with van der Waals surface area (Å²) in [5, 5.41) is 10.0. The van der Waals surface area contributed by atoms with E-state index < -0.39 is 6.10 Å². The molecule has 2 heteroatoms. The molecule has 2 nitrogen and oxygen atoms in total. The Kier molecular flexibility index (Phi) is 5.63. The second kappa shape index (κ2) is 7.05. The first-order chi connectivity index (χ1) is 7.79. The van der Waals surface area contributed by atoms with Crippen LogP contribution in [0, 0.1) is 12.3 Å². The molecular formula is C14H18O2. The molecule has 0 bridgehead atoms. The van der Waals surface area contributed by atoms with Crippen LogP contribution in [0.3, 0.4) is 0 Å². The van der Waals surface area contributed by atoms with Crippen LogP contribution in [0.5, 0.6) is 0 Å². The Morgan fingerprint density at radius 3 is 2.88 bits per heavy atom. The molecule has 0 radical (unpaired) electrons. The van der Waals surface area contributed by atoms with E-state index in [0.29, 0.717) is 19.4 Å². The number of aliphatic hydroxyl groups is 1. The molecule has 0 spiro atoms. The SMILES string of the molecule is C#CCCCC(O)c1ccccc1COC. The van der Waals surface area contributed by atoms with E-state index in [0.717, 1.165) is 17.5 Å². The molecule has 0 aliphatic carbocycles. The second-order valence-corrected chi connectivity index (χ2v) is 3.74. The van der Waals surface area contributed by atoms with Crippen molar-refractivity contribution in [3.63, 3.8) is 0 Å². The van der Waals surface area contributed by atoms with E-state index in [4.69, 9.17) is 11.2 Å². The molecule has 0 fully saturated rings. The molecule has 1 atom stereocenters. The first kappa shape index (κ1) is 12.8. The van der Waals surface area contributed by atoms with Crippen molar-refractivity contribution in [2.45, 2.75) is 32.0 Å². The van der Waals surface area contributed by atoms with Crippen molar-refractivity contribution < 1.29 is 9.84 Å². The lowest BCUT2D eigenvalue weighted by Crippen LogP contribution is -2.03. The minimum Gasteiger partial charge on any atom is -0.388 e. The van der Waals surface area contributed by atoms with Gasteiger partial charge in [-0.3, -0.25) is 0 Å². The summed E-state index contributed by atoms with van der Waals surface area (Å²) in [5.74, 6) is 2.58. The van der Waals surface area contributed by atoms with Gasteiger partial charge in [0.15, 0.2) is 0 Å². The fraction of sp³-hybridized carbons (Fsp3) is 0.429. The predicted octanol–water partition coefficient (Wildman–Crippen LogP) is 2.67. The fourth-order valence-corrected chi connectivity index (χ4v) is 1.70. The molecule has 0 aromatic heterocycles. The monoisotopic (exact) mass is 218 g/mol. The van der Waals surface area contributed by atoms with Gasteiger partial charge < -0.3 is 9.84 Å². The van der Waals surface area contributed by atoms with Crippen LogP contribution in [0.2, 0.25) is 0 Å². The van der Waals surface area contributed by atoms with Crippen molar-refractivity contribution in [1.82, 2.24) is 0 Å². The average molecular weight is 218 g/mol. The highest BCUT2D eigenvalue weighted by Crippen LogP contribution is 2.23.